The summed E-state index contributed by atoms with van der Waals surface area (Å²) in [4.78, 5) is 0. The molecular formula is C19H12Cl4O5S. The monoisotopic (exact) mass is 492 g/mol. The molecule has 0 aromatic heterocycles. The van der Waals surface area contributed by atoms with E-state index in [0.717, 1.165) is 6.07 Å². The maximum absolute atomic E-state index is 13.0. The first-order valence-electron chi connectivity index (χ1n) is 7.91. The molecule has 1 unspecified atom stereocenters. The summed E-state index contributed by atoms with van der Waals surface area (Å²) in [6, 6.07) is 12.0. The molecule has 152 valence electrons. The Morgan fingerprint density at radius 3 is 1.93 bits per heavy atom. The van der Waals surface area contributed by atoms with Crippen molar-refractivity contribution in [3.05, 3.63) is 91.4 Å². The Bertz CT molecular complexity index is 1190. The van der Waals surface area contributed by atoms with E-state index in [4.69, 9.17) is 46.4 Å². The summed E-state index contributed by atoms with van der Waals surface area (Å²) in [5.41, 5.74) is -0.974. The van der Waals surface area contributed by atoms with Crippen LogP contribution < -0.4 is 0 Å². The molecule has 0 spiro atoms. The van der Waals surface area contributed by atoms with E-state index in [2.05, 4.69) is 0 Å². The molecule has 0 saturated carbocycles. The van der Waals surface area contributed by atoms with E-state index in [0.29, 0.717) is 0 Å². The van der Waals surface area contributed by atoms with Crippen LogP contribution in [0.15, 0.2) is 54.6 Å². The van der Waals surface area contributed by atoms with Crippen LogP contribution in [-0.4, -0.2) is 23.2 Å². The molecule has 5 nitrogen and oxygen atoms in total. The van der Waals surface area contributed by atoms with Gasteiger partial charge in [-0.2, -0.15) is 8.42 Å². The fourth-order valence-corrected chi connectivity index (χ4v) is 5.64. The van der Waals surface area contributed by atoms with E-state index in [-0.39, 0.29) is 25.7 Å². The van der Waals surface area contributed by atoms with Crippen molar-refractivity contribution in [2.24, 2.45) is 0 Å². The number of aromatic hydroxyl groups is 2. The molecular weight excluding hydrogens is 482 g/mol. The van der Waals surface area contributed by atoms with Crippen LogP contribution in [0.25, 0.3) is 0 Å². The molecule has 3 N–H and O–H groups in total. The summed E-state index contributed by atoms with van der Waals surface area (Å²) in [7, 11) is -5.20. The number of halogens is 4. The average molecular weight is 494 g/mol. The lowest BCUT2D eigenvalue weighted by atomic mass is 9.82. The van der Waals surface area contributed by atoms with Gasteiger partial charge in [-0.05, 0) is 24.3 Å². The first-order chi connectivity index (χ1) is 13.5. The second-order valence-electron chi connectivity index (χ2n) is 6.03. The number of rotatable bonds is 4. The van der Waals surface area contributed by atoms with Gasteiger partial charge in [0.05, 0.1) is 5.02 Å². The van der Waals surface area contributed by atoms with Gasteiger partial charge in [-0.1, -0.05) is 76.7 Å². The minimum Gasteiger partial charge on any atom is -0.508 e. The number of hydrogen-bond acceptors (Lipinski definition) is 4. The maximum atomic E-state index is 13.0. The minimum absolute atomic E-state index is 0.0558. The Kier molecular flexibility index (Phi) is 5.98. The standard InChI is InChI=1S/C19H12Cl4O5S/c20-12-5-2-1-4-10(12)19(29(26,27)28,16-13(21)6-3-7-15(16)24)11-8-9-14(22)17(23)18(11)25/h1-9,24-25H,(H,26,27,28). The fourth-order valence-electron chi connectivity index (χ4n) is 3.25. The quantitative estimate of drug-likeness (QED) is 0.311. The van der Waals surface area contributed by atoms with Crippen LogP contribution in [0.4, 0.5) is 0 Å². The first-order valence-corrected chi connectivity index (χ1v) is 10.9. The minimum atomic E-state index is -5.20. The summed E-state index contributed by atoms with van der Waals surface area (Å²) in [5, 5.41) is 20.6. The Morgan fingerprint density at radius 2 is 1.34 bits per heavy atom. The zero-order valence-electron chi connectivity index (χ0n) is 14.3. The molecule has 1 atom stereocenters. The maximum Gasteiger partial charge on any atom is 0.283 e. The van der Waals surface area contributed by atoms with E-state index >= 15 is 0 Å². The van der Waals surface area contributed by atoms with Crippen molar-refractivity contribution >= 4 is 56.5 Å². The second kappa shape index (κ2) is 7.87. The number of benzene rings is 3. The summed E-state index contributed by atoms with van der Waals surface area (Å²) < 4.78 is 33.9. The van der Waals surface area contributed by atoms with Crippen molar-refractivity contribution in [2.75, 3.05) is 0 Å². The van der Waals surface area contributed by atoms with Crippen LogP contribution in [-0.2, 0) is 14.9 Å². The van der Waals surface area contributed by atoms with Gasteiger partial charge in [0.25, 0.3) is 10.1 Å². The lowest BCUT2D eigenvalue weighted by Crippen LogP contribution is -2.39. The third-order valence-corrected chi connectivity index (χ3v) is 7.29. The van der Waals surface area contributed by atoms with Gasteiger partial charge < -0.3 is 10.2 Å². The predicted molar refractivity (Wildman–Crippen MR) is 114 cm³/mol. The highest BCUT2D eigenvalue weighted by Crippen LogP contribution is 2.54. The molecule has 0 aliphatic heterocycles. The largest absolute Gasteiger partial charge is 0.508 e. The van der Waals surface area contributed by atoms with E-state index in [1.165, 1.54) is 42.5 Å². The van der Waals surface area contributed by atoms with Crippen molar-refractivity contribution in [2.45, 2.75) is 4.75 Å². The molecule has 3 aromatic carbocycles. The molecule has 0 amide bonds. The van der Waals surface area contributed by atoms with Crippen molar-refractivity contribution in [3.63, 3.8) is 0 Å². The number of phenols is 2. The van der Waals surface area contributed by atoms with E-state index in [1.54, 1.807) is 6.07 Å². The molecule has 0 saturated heterocycles. The molecule has 0 aliphatic rings. The summed E-state index contributed by atoms with van der Waals surface area (Å²) in [6.07, 6.45) is 0. The molecule has 29 heavy (non-hydrogen) atoms. The lowest BCUT2D eigenvalue weighted by Gasteiger charge is -2.34. The van der Waals surface area contributed by atoms with Gasteiger partial charge in [0.2, 0.25) is 0 Å². The number of hydrogen-bond donors (Lipinski definition) is 3. The van der Waals surface area contributed by atoms with Gasteiger partial charge in [-0.3, -0.25) is 4.55 Å². The van der Waals surface area contributed by atoms with Gasteiger partial charge in [-0.25, -0.2) is 0 Å². The Hall–Kier alpha value is -1.67. The highest BCUT2D eigenvalue weighted by atomic mass is 35.5. The van der Waals surface area contributed by atoms with Crippen LogP contribution in [0, 0.1) is 0 Å². The van der Waals surface area contributed by atoms with E-state index in [9.17, 15) is 23.2 Å². The molecule has 3 rings (SSSR count). The predicted octanol–water partition coefficient (Wildman–Crippen LogP) is 5.89. The highest BCUT2D eigenvalue weighted by Gasteiger charge is 2.54. The van der Waals surface area contributed by atoms with Crippen LogP contribution in [0.2, 0.25) is 20.1 Å². The van der Waals surface area contributed by atoms with Crippen molar-refractivity contribution in [3.8, 4) is 11.5 Å². The lowest BCUT2D eigenvalue weighted by molar-refractivity contribution is 0.428. The normalized spacial score (nSPS) is 13.8. The number of phenolic OH excluding ortho intramolecular Hbond substituents is 2. The van der Waals surface area contributed by atoms with Crippen LogP contribution in [0.5, 0.6) is 11.5 Å². The van der Waals surface area contributed by atoms with Crippen LogP contribution in [0.1, 0.15) is 16.7 Å². The van der Waals surface area contributed by atoms with Crippen molar-refractivity contribution < 1.29 is 23.2 Å². The fraction of sp³-hybridized carbons (Fsp3) is 0.0526. The van der Waals surface area contributed by atoms with E-state index in [1.807, 2.05) is 0 Å². The third kappa shape index (κ3) is 3.44. The zero-order chi connectivity index (χ0) is 21.6. The SMILES string of the molecule is O=S(=O)(O)C(c1ccccc1Cl)(c1ccc(Cl)c(Cl)c1O)c1c(O)cccc1Cl. The summed E-state index contributed by atoms with van der Waals surface area (Å²) in [5.74, 6) is -1.28. The molecule has 3 aromatic rings. The third-order valence-electron chi connectivity index (χ3n) is 4.43. The van der Waals surface area contributed by atoms with Gasteiger partial charge in [0.1, 0.15) is 16.5 Å². The Morgan fingerprint density at radius 1 is 0.724 bits per heavy atom. The summed E-state index contributed by atoms with van der Waals surface area (Å²) >= 11 is 24.6. The molecule has 0 radical (unpaired) electrons. The van der Waals surface area contributed by atoms with Gasteiger partial charge >= 0.3 is 0 Å². The van der Waals surface area contributed by atoms with Gasteiger partial charge in [0.15, 0.2) is 4.75 Å². The van der Waals surface area contributed by atoms with Gasteiger partial charge in [0, 0.05) is 26.7 Å². The first kappa shape index (κ1) is 22.0. The van der Waals surface area contributed by atoms with Crippen LogP contribution in [0.3, 0.4) is 0 Å². The summed E-state index contributed by atoms with van der Waals surface area (Å²) in [6.45, 7) is 0. The van der Waals surface area contributed by atoms with Crippen molar-refractivity contribution in [1.82, 2.24) is 0 Å². The smallest absolute Gasteiger partial charge is 0.283 e. The van der Waals surface area contributed by atoms with E-state index < -0.39 is 37.5 Å². The molecule has 0 fully saturated rings. The Balaban J connectivity index is 2.68. The topological polar surface area (TPSA) is 94.8 Å². The molecule has 0 bridgehead atoms. The van der Waals surface area contributed by atoms with Crippen molar-refractivity contribution in [1.29, 1.82) is 0 Å². The zero-order valence-corrected chi connectivity index (χ0v) is 18.1. The van der Waals surface area contributed by atoms with Gasteiger partial charge in [-0.15, -0.1) is 0 Å². The average Bonchev–Trinajstić information content (AvgIpc) is 2.63. The highest BCUT2D eigenvalue weighted by molar-refractivity contribution is 7.87. The Labute approximate surface area is 186 Å². The molecule has 0 heterocycles. The molecule has 10 heteroatoms. The van der Waals surface area contributed by atoms with Crippen LogP contribution >= 0.6 is 46.4 Å². The molecule has 0 aliphatic carbocycles. The second-order valence-corrected chi connectivity index (χ2v) is 9.19.